The van der Waals surface area contributed by atoms with Gasteiger partial charge in [0.15, 0.2) is 6.20 Å². The number of hydrogen-bond donors (Lipinski definition) is 1. The van der Waals surface area contributed by atoms with E-state index in [4.69, 9.17) is 0 Å². The molecule has 98 valence electrons. The molecule has 1 aromatic heterocycles. The van der Waals surface area contributed by atoms with Crippen LogP contribution in [-0.2, 0) is 0 Å². The highest BCUT2D eigenvalue weighted by atomic mass is 16.6. The number of nitrogens with zero attached hydrogens (tertiary/aromatic N) is 2. The molecule has 0 saturated heterocycles. The van der Waals surface area contributed by atoms with Gasteiger partial charge in [-0.1, -0.05) is 19.8 Å². The summed E-state index contributed by atoms with van der Waals surface area (Å²) in [6.45, 7) is 3.17. The van der Waals surface area contributed by atoms with Crippen molar-refractivity contribution in [2.75, 3.05) is 11.9 Å². The van der Waals surface area contributed by atoms with E-state index >= 15 is 0 Å². The summed E-state index contributed by atoms with van der Waals surface area (Å²) in [6.07, 6.45) is 7.90. The number of anilines is 1. The maximum Gasteiger partial charge on any atom is 0.363 e. The molecule has 0 aromatic carbocycles. The minimum Gasteiger partial charge on any atom is -0.381 e. The van der Waals surface area contributed by atoms with Gasteiger partial charge in [-0.3, -0.25) is 0 Å². The highest BCUT2D eigenvalue weighted by Crippen LogP contribution is 2.40. The van der Waals surface area contributed by atoms with E-state index in [2.05, 4.69) is 17.2 Å². The summed E-state index contributed by atoms with van der Waals surface area (Å²) in [5, 5.41) is 13.9. The van der Waals surface area contributed by atoms with Crippen molar-refractivity contribution < 1.29 is 4.92 Å². The molecule has 1 N–H and O–H groups in total. The SMILES string of the molecule is CCC1(CNc2ccc([N+](=O)[O-])nc2)CCCC1. The molecule has 0 radical (unpaired) electrons. The molecule has 0 bridgehead atoms. The predicted octanol–water partition coefficient (Wildman–Crippen LogP) is 3.37. The van der Waals surface area contributed by atoms with Crippen LogP contribution in [0.3, 0.4) is 0 Å². The first-order valence-corrected chi connectivity index (χ1v) is 6.49. The Bertz CT molecular complexity index is 411. The molecule has 0 amide bonds. The molecule has 5 nitrogen and oxygen atoms in total. The molecule has 0 unspecified atom stereocenters. The molecule has 5 heteroatoms. The summed E-state index contributed by atoms with van der Waals surface area (Å²) in [7, 11) is 0. The highest BCUT2D eigenvalue weighted by molar-refractivity contribution is 5.43. The summed E-state index contributed by atoms with van der Waals surface area (Å²) >= 11 is 0. The molecule has 1 aromatic rings. The Morgan fingerprint density at radius 3 is 2.67 bits per heavy atom. The van der Waals surface area contributed by atoms with Crippen molar-refractivity contribution in [3.05, 3.63) is 28.4 Å². The molecule has 1 fully saturated rings. The normalized spacial score (nSPS) is 17.6. The van der Waals surface area contributed by atoms with Crippen LogP contribution in [0, 0.1) is 15.5 Å². The van der Waals surface area contributed by atoms with Crippen molar-refractivity contribution in [3.8, 4) is 0 Å². The number of hydrogen-bond acceptors (Lipinski definition) is 4. The van der Waals surface area contributed by atoms with Crippen LogP contribution in [0.25, 0.3) is 0 Å². The van der Waals surface area contributed by atoms with Crippen molar-refractivity contribution in [1.82, 2.24) is 4.98 Å². The fourth-order valence-corrected chi connectivity index (χ4v) is 2.67. The molecule has 0 atom stereocenters. The van der Waals surface area contributed by atoms with Crippen LogP contribution in [0.2, 0.25) is 0 Å². The number of rotatable bonds is 5. The maximum absolute atomic E-state index is 10.5. The van der Waals surface area contributed by atoms with E-state index in [1.54, 1.807) is 6.07 Å². The van der Waals surface area contributed by atoms with Gasteiger partial charge in [0.25, 0.3) is 0 Å². The van der Waals surface area contributed by atoms with Crippen molar-refractivity contribution >= 4 is 11.5 Å². The third kappa shape index (κ3) is 2.78. The van der Waals surface area contributed by atoms with Gasteiger partial charge in [0.2, 0.25) is 0 Å². The smallest absolute Gasteiger partial charge is 0.363 e. The molecule has 18 heavy (non-hydrogen) atoms. The van der Waals surface area contributed by atoms with Crippen LogP contribution >= 0.6 is 0 Å². The van der Waals surface area contributed by atoms with Crippen molar-refractivity contribution in [1.29, 1.82) is 0 Å². The Morgan fingerprint density at radius 1 is 1.44 bits per heavy atom. The predicted molar refractivity (Wildman–Crippen MR) is 70.6 cm³/mol. The fourth-order valence-electron chi connectivity index (χ4n) is 2.67. The summed E-state index contributed by atoms with van der Waals surface area (Å²) in [5.74, 6) is -0.105. The van der Waals surface area contributed by atoms with Crippen molar-refractivity contribution in [2.45, 2.75) is 39.0 Å². The molecule has 1 saturated carbocycles. The average molecular weight is 249 g/mol. The largest absolute Gasteiger partial charge is 0.381 e. The molecular formula is C13H19N3O2. The zero-order valence-corrected chi connectivity index (χ0v) is 10.7. The zero-order chi connectivity index (χ0) is 13.0. The van der Waals surface area contributed by atoms with Gasteiger partial charge in [0.05, 0.1) is 5.69 Å². The van der Waals surface area contributed by atoms with E-state index in [0.717, 1.165) is 12.2 Å². The van der Waals surface area contributed by atoms with Crippen LogP contribution in [0.1, 0.15) is 39.0 Å². The van der Waals surface area contributed by atoms with Gasteiger partial charge >= 0.3 is 5.82 Å². The standard InChI is InChI=1S/C13H19N3O2/c1-2-13(7-3-4-8-13)10-15-11-5-6-12(14-9-11)16(17)18/h5-6,9,15H,2-4,7-8,10H2,1H3. The lowest BCUT2D eigenvalue weighted by Crippen LogP contribution is -2.25. The van der Waals surface area contributed by atoms with Crippen molar-refractivity contribution in [2.24, 2.45) is 5.41 Å². The second kappa shape index (κ2) is 5.33. The lowest BCUT2D eigenvalue weighted by atomic mass is 9.83. The molecule has 0 aliphatic heterocycles. The second-order valence-corrected chi connectivity index (χ2v) is 5.08. The molecule has 1 heterocycles. The van der Waals surface area contributed by atoms with Gasteiger partial charge in [-0.15, -0.1) is 0 Å². The summed E-state index contributed by atoms with van der Waals surface area (Å²) in [4.78, 5) is 13.8. The van der Waals surface area contributed by atoms with Crippen molar-refractivity contribution in [3.63, 3.8) is 0 Å². The lowest BCUT2D eigenvalue weighted by molar-refractivity contribution is -0.389. The van der Waals surface area contributed by atoms with Gasteiger partial charge in [-0.2, -0.15) is 0 Å². The minimum atomic E-state index is -0.478. The van der Waals surface area contributed by atoms with Crippen LogP contribution in [0.4, 0.5) is 11.5 Å². The Kier molecular flexibility index (Phi) is 3.79. The Labute approximate surface area is 107 Å². The Hall–Kier alpha value is -1.65. The number of aromatic nitrogens is 1. The third-order valence-electron chi connectivity index (χ3n) is 4.02. The number of nitrogens with one attached hydrogen (secondary N) is 1. The topological polar surface area (TPSA) is 68.1 Å². The van der Waals surface area contributed by atoms with Crippen LogP contribution < -0.4 is 5.32 Å². The fraction of sp³-hybridized carbons (Fsp3) is 0.615. The minimum absolute atomic E-state index is 0.105. The highest BCUT2D eigenvalue weighted by Gasteiger charge is 2.31. The first-order chi connectivity index (χ1) is 8.65. The first kappa shape index (κ1) is 12.8. The molecule has 1 aliphatic carbocycles. The van der Waals surface area contributed by atoms with Gasteiger partial charge in [-0.05, 0) is 40.7 Å². The van der Waals surface area contributed by atoms with Gasteiger partial charge in [-0.25, -0.2) is 0 Å². The van der Waals surface area contributed by atoms with Crippen LogP contribution in [-0.4, -0.2) is 16.5 Å². The second-order valence-electron chi connectivity index (χ2n) is 5.08. The monoisotopic (exact) mass is 249 g/mol. The summed E-state index contributed by atoms with van der Waals surface area (Å²) in [5.41, 5.74) is 1.27. The number of nitro groups is 1. The Morgan fingerprint density at radius 2 is 2.17 bits per heavy atom. The van der Waals surface area contributed by atoms with E-state index in [0.29, 0.717) is 5.41 Å². The maximum atomic E-state index is 10.5. The molecular weight excluding hydrogens is 230 g/mol. The van der Waals surface area contributed by atoms with E-state index in [1.165, 1.54) is 44.4 Å². The van der Waals surface area contributed by atoms with E-state index in [-0.39, 0.29) is 5.82 Å². The average Bonchev–Trinajstić information content (AvgIpc) is 2.86. The molecule has 1 aliphatic rings. The van der Waals surface area contributed by atoms with Crippen LogP contribution in [0.15, 0.2) is 18.3 Å². The third-order valence-corrected chi connectivity index (χ3v) is 4.02. The number of pyridine rings is 1. The van der Waals surface area contributed by atoms with Crippen LogP contribution in [0.5, 0.6) is 0 Å². The van der Waals surface area contributed by atoms with Gasteiger partial charge in [0, 0.05) is 12.6 Å². The zero-order valence-electron chi connectivity index (χ0n) is 10.7. The van der Waals surface area contributed by atoms with E-state index in [9.17, 15) is 10.1 Å². The van der Waals surface area contributed by atoms with E-state index in [1.807, 2.05) is 0 Å². The molecule has 0 spiro atoms. The summed E-state index contributed by atoms with van der Waals surface area (Å²) in [6, 6.07) is 3.17. The Balaban J connectivity index is 1.95. The lowest BCUT2D eigenvalue weighted by Gasteiger charge is -2.27. The first-order valence-electron chi connectivity index (χ1n) is 6.49. The summed E-state index contributed by atoms with van der Waals surface area (Å²) < 4.78 is 0. The molecule has 2 rings (SSSR count). The quantitative estimate of drug-likeness (QED) is 0.641. The van der Waals surface area contributed by atoms with E-state index < -0.39 is 4.92 Å². The van der Waals surface area contributed by atoms with Gasteiger partial charge < -0.3 is 15.4 Å². The van der Waals surface area contributed by atoms with Gasteiger partial charge in [0.1, 0.15) is 0 Å².